The summed E-state index contributed by atoms with van der Waals surface area (Å²) >= 11 is 5.52. The van der Waals surface area contributed by atoms with Crippen LogP contribution in [0.3, 0.4) is 0 Å². The number of nitrogens with zero attached hydrogens (tertiary/aromatic N) is 1. The summed E-state index contributed by atoms with van der Waals surface area (Å²) in [6.45, 7) is 0. The maximum Gasteiger partial charge on any atom is 0.171 e. The van der Waals surface area contributed by atoms with Crippen LogP contribution in [-0.4, -0.2) is 21.1 Å². The van der Waals surface area contributed by atoms with Crippen LogP contribution in [0.5, 0.6) is 0 Å². The van der Waals surface area contributed by atoms with Crippen molar-refractivity contribution in [2.24, 2.45) is 11.8 Å². The van der Waals surface area contributed by atoms with Gasteiger partial charge in [-0.15, -0.1) is 0 Å². The number of para-hydroxylation sites is 2. The number of imidazole rings is 1. The van der Waals surface area contributed by atoms with E-state index in [-0.39, 0.29) is 0 Å². The molecule has 0 aliphatic heterocycles. The van der Waals surface area contributed by atoms with Gasteiger partial charge in [-0.25, -0.2) is 4.98 Å². The molecule has 5 rings (SSSR count). The predicted octanol–water partition coefficient (Wildman–Crippen LogP) is 4.70. The summed E-state index contributed by atoms with van der Waals surface area (Å²) in [5.74, 6) is 2.62. The highest BCUT2D eigenvalue weighted by Gasteiger charge is 2.39. The molecule has 0 radical (unpaired) electrons. The number of anilines is 1. The summed E-state index contributed by atoms with van der Waals surface area (Å²) in [5, 5.41) is 7.58. The predicted molar refractivity (Wildman–Crippen MR) is 110 cm³/mol. The van der Waals surface area contributed by atoms with Crippen molar-refractivity contribution in [2.45, 2.75) is 31.7 Å². The van der Waals surface area contributed by atoms with Crippen molar-refractivity contribution < 1.29 is 0 Å². The molecule has 0 saturated heterocycles. The van der Waals surface area contributed by atoms with Gasteiger partial charge >= 0.3 is 0 Å². The van der Waals surface area contributed by atoms with E-state index in [9.17, 15) is 0 Å². The maximum absolute atomic E-state index is 5.52. The van der Waals surface area contributed by atoms with E-state index in [2.05, 4.69) is 44.9 Å². The van der Waals surface area contributed by atoms with Crippen LogP contribution in [0.4, 0.5) is 5.69 Å². The van der Waals surface area contributed by atoms with Gasteiger partial charge in [0.25, 0.3) is 0 Å². The summed E-state index contributed by atoms with van der Waals surface area (Å²) in [7, 11) is 0. The molecule has 3 atom stereocenters. The molecule has 1 aromatic heterocycles. The molecule has 4 nitrogen and oxygen atoms in total. The van der Waals surface area contributed by atoms with Gasteiger partial charge in [0.05, 0.1) is 11.0 Å². The first kappa shape index (κ1) is 15.8. The van der Waals surface area contributed by atoms with E-state index in [1.807, 2.05) is 24.3 Å². The number of benzene rings is 2. The molecular formula is C21H22N4S. The van der Waals surface area contributed by atoms with E-state index in [1.54, 1.807) is 0 Å². The Hall–Kier alpha value is -2.40. The highest BCUT2D eigenvalue weighted by molar-refractivity contribution is 7.80. The average molecular weight is 363 g/mol. The van der Waals surface area contributed by atoms with Gasteiger partial charge in [0.1, 0.15) is 5.82 Å². The Morgan fingerprint density at radius 1 is 1.04 bits per heavy atom. The number of thiocarbonyl (C=S) groups is 1. The van der Waals surface area contributed by atoms with Crippen LogP contribution < -0.4 is 10.6 Å². The van der Waals surface area contributed by atoms with Crippen LogP contribution >= 0.6 is 12.2 Å². The van der Waals surface area contributed by atoms with Crippen LogP contribution in [0.2, 0.25) is 0 Å². The van der Waals surface area contributed by atoms with E-state index in [0.717, 1.165) is 45.1 Å². The normalized spacial score (nSPS) is 24.1. The van der Waals surface area contributed by atoms with Crippen molar-refractivity contribution in [1.29, 1.82) is 0 Å². The minimum absolute atomic E-state index is 0.559. The lowest BCUT2D eigenvalue weighted by Gasteiger charge is -2.24. The lowest BCUT2D eigenvalue weighted by molar-refractivity contribution is 0.392. The van der Waals surface area contributed by atoms with Gasteiger partial charge in [-0.1, -0.05) is 18.6 Å². The summed E-state index contributed by atoms with van der Waals surface area (Å²) in [6, 6.07) is 16.9. The molecular weight excluding hydrogens is 340 g/mol. The Morgan fingerprint density at radius 2 is 1.88 bits per heavy atom. The molecule has 3 unspecified atom stereocenters. The first-order chi connectivity index (χ1) is 12.7. The first-order valence-electron chi connectivity index (χ1n) is 9.37. The van der Waals surface area contributed by atoms with Crippen molar-refractivity contribution in [1.82, 2.24) is 15.3 Å². The van der Waals surface area contributed by atoms with Gasteiger partial charge in [-0.2, -0.15) is 0 Å². The third-order valence-electron chi connectivity index (χ3n) is 5.86. The molecule has 132 valence electrons. The van der Waals surface area contributed by atoms with Gasteiger partial charge in [-0.05, 0) is 79.7 Å². The molecule has 0 spiro atoms. The van der Waals surface area contributed by atoms with Crippen LogP contribution in [0.25, 0.3) is 22.4 Å². The van der Waals surface area contributed by atoms with Crippen molar-refractivity contribution >= 4 is 34.1 Å². The zero-order valence-corrected chi connectivity index (χ0v) is 15.4. The molecule has 2 fully saturated rings. The second-order valence-corrected chi connectivity index (χ2v) is 7.97. The van der Waals surface area contributed by atoms with Gasteiger partial charge < -0.3 is 15.6 Å². The highest BCUT2D eigenvalue weighted by Crippen LogP contribution is 2.44. The Morgan fingerprint density at radius 3 is 2.62 bits per heavy atom. The quantitative estimate of drug-likeness (QED) is 0.591. The Balaban J connectivity index is 1.25. The van der Waals surface area contributed by atoms with Gasteiger partial charge in [0.15, 0.2) is 5.11 Å². The second-order valence-electron chi connectivity index (χ2n) is 7.56. The minimum Gasteiger partial charge on any atom is -0.359 e. The molecule has 2 aliphatic rings. The largest absolute Gasteiger partial charge is 0.359 e. The number of aromatic nitrogens is 2. The fourth-order valence-corrected chi connectivity index (χ4v) is 4.83. The standard InChI is InChI=1S/C21H22N4S/c26-21(25-19-12-13-5-6-15(19)11-13)22-16-9-7-14(8-10-16)20-23-17-3-1-2-4-18(17)24-20/h1-4,7-10,13,15,19H,5-6,11-12H2,(H,23,24)(H2,22,25,26). The highest BCUT2D eigenvalue weighted by atomic mass is 32.1. The molecule has 3 aromatic rings. The molecule has 0 amide bonds. The number of aromatic amines is 1. The third-order valence-corrected chi connectivity index (χ3v) is 6.08. The van der Waals surface area contributed by atoms with Crippen molar-refractivity contribution in [3.63, 3.8) is 0 Å². The van der Waals surface area contributed by atoms with Crippen LogP contribution in [0, 0.1) is 11.8 Å². The van der Waals surface area contributed by atoms with E-state index < -0.39 is 0 Å². The fourth-order valence-electron chi connectivity index (χ4n) is 4.56. The smallest absolute Gasteiger partial charge is 0.171 e. The molecule has 5 heteroatoms. The van der Waals surface area contributed by atoms with E-state index >= 15 is 0 Å². The molecule has 2 aromatic carbocycles. The number of rotatable bonds is 3. The van der Waals surface area contributed by atoms with Crippen LogP contribution in [0.15, 0.2) is 48.5 Å². The molecule has 2 aliphatic carbocycles. The summed E-state index contributed by atoms with van der Waals surface area (Å²) in [4.78, 5) is 8.02. The van der Waals surface area contributed by atoms with Gasteiger partial charge in [0.2, 0.25) is 0 Å². The van der Waals surface area contributed by atoms with Crippen molar-refractivity contribution in [2.75, 3.05) is 5.32 Å². The number of nitrogens with one attached hydrogen (secondary N) is 3. The summed E-state index contributed by atoms with van der Waals surface area (Å²) in [6.07, 6.45) is 5.42. The van der Waals surface area contributed by atoms with E-state index in [4.69, 9.17) is 12.2 Å². The molecule has 2 bridgehead atoms. The SMILES string of the molecule is S=C(Nc1ccc(-c2nc3ccccc3[nH]2)cc1)NC1CC2CCC1C2. The zero-order chi connectivity index (χ0) is 17.5. The maximum atomic E-state index is 5.52. The molecule has 1 heterocycles. The van der Waals surface area contributed by atoms with E-state index in [1.165, 1.54) is 25.7 Å². The second kappa shape index (κ2) is 6.40. The summed E-state index contributed by atoms with van der Waals surface area (Å²) < 4.78 is 0. The number of hydrogen-bond donors (Lipinski definition) is 3. The Kier molecular flexibility index (Phi) is 3.89. The first-order valence-corrected chi connectivity index (χ1v) is 9.78. The third kappa shape index (κ3) is 2.97. The number of H-pyrrole nitrogens is 1. The molecule has 3 N–H and O–H groups in total. The summed E-state index contributed by atoms with van der Waals surface area (Å²) in [5.41, 5.74) is 4.12. The average Bonchev–Trinajstić information content (AvgIpc) is 3.37. The van der Waals surface area contributed by atoms with Gasteiger partial charge in [-0.3, -0.25) is 0 Å². The lowest BCUT2D eigenvalue weighted by atomic mass is 9.96. The fraction of sp³-hybridized carbons (Fsp3) is 0.333. The lowest BCUT2D eigenvalue weighted by Crippen LogP contribution is -2.40. The number of fused-ring (bicyclic) bond motifs is 3. The number of hydrogen-bond acceptors (Lipinski definition) is 2. The van der Waals surface area contributed by atoms with Crippen molar-refractivity contribution in [3.05, 3.63) is 48.5 Å². The molecule has 2 saturated carbocycles. The van der Waals surface area contributed by atoms with E-state index in [0.29, 0.717) is 6.04 Å². The molecule has 26 heavy (non-hydrogen) atoms. The van der Waals surface area contributed by atoms with Crippen molar-refractivity contribution in [3.8, 4) is 11.4 Å². The Labute approximate surface area is 158 Å². The minimum atomic E-state index is 0.559. The van der Waals surface area contributed by atoms with Crippen LogP contribution in [-0.2, 0) is 0 Å². The van der Waals surface area contributed by atoms with Gasteiger partial charge in [0, 0.05) is 17.3 Å². The Bertz CT molecular complexity index is 913. The topological polar surface area (TPSA) is 52.7 Å². The zero-order valence-electron chi connectivity index (χ0n) is 14.5. The monoisotopic (exact) mass is 362 g/mol. The van der Waals surface area contributed by atoms with Crippen LogP contribution in [0.1, 0.15) is 25.7 Å².